The van der Waals surface area contributed by atoms with E-state index in [1.807, 2.05) is 0 Å². The number of carboxylic acid groups (broad SMARTS) is 1. The van der Waals surface area contributed by atoms with Crippen molar-refractivity contribution in [1.29, 1.82) is 0 Å². The minimum absolute atomic E-state index is 0.0298. The third-order valence-electron chi connectivity index (χ3n) is 8.89. The molecule has 9 nitrogen and oxygen atoms in total. The zero-order valence-electron chi connectivity index (χ0n) is 26.7. The number of halogens is 3. The van der Waals surface area contributed by atoms with E-state index in [9.17, 15) is 23.5 Å². The van der Waals surface area contributed by atoms with E-state index >= 15 is 4.39 Å². The molecule has 0 saturated carbocycles. The minimum Gasteiger partial charge on any atom is -0.465 e. The van der Waals surface area contributed by atoms with Crippen molar-refractivity contribution in [2.24, 2.45) is 0 Å². The van der Waals surface area contributed by atoms with Crippen LogP contribution in [0.25, 0.3) is 0 Å². The van der Waals surface area contributed by atoms with E-state index in [1.54, 1.807) is 0 Å². The molecule has 46 heavy (non-hydrogen) atoms. The fourth-order valence-electron chi connectivity index (χ4n) is 5.11. The molecule has 2 aromatic heterocycles. The summed E-state index contributed by atoms with van der Waals surface area (Å²) in [5.74, 6) is -3.02. The van der Waals surface area contributed by atoms with E-state index in [-0.39, 0.29) is 60.9 Å². The number of nitrogens with one attached hydrogen (secondary N) is 1. The molecule has 1 fully saturated rings. The predicted molar refractivity (Wildman–Crippen MR) is 170 cm³/mol. The third kappa shape index (κ3) is 8.71. The Kier molecular flexibility index (Phi) is 11.2. The monoisotopic (exact) mass is 658 g/mol. The van der Waals surface area contributed by atoms with Crippen molar-refractivity contribution in [3.63, 3.8) is 0 Å². The second-order valence-electron chi connectivity index (χ2n) is 13.1. The Labute approximate surface area is 268 Å². The lowest BCUT2D eigenvalue weighted by atomic mass is 9.88. The summed E-state index contributed by atoms with van der Waals surface area (Å²) in [4.78, 5) is 34.4. The summed E-state index contributed by atoms with van der Waals surface area (Å²) in [6.45, 7) is 11.0. The van der Waals surface area contributed by atoms with E-state index in [4.69, 9.17) is 9.16 Å². The van der Waals surface area contributed by atoms with Crippen LogP contribution in [0.4, 0.5) is 23.7 Å². The molecule has 1 aliphatic rings. The molecule has 4 rings (SSSR count). The van der Waals surface area contributed by atoms with Gasteiger partial charge in [-0.1, -0.05) is 32.9 Å². The Morgan fingerprint density at radius 1 is 1.09 bits per heavy atom. The number of carbonyl (C=O) groups excluding carboxylic acids is 1. The highest BCUT2D eigenvalue weighted by molar-refractivity contribution is 6.74. The Bertz CT molecular complexity index is 1520. The van der Waals surface area contributed by atoms with Crippen LogP contribution in [0.2, 0.25) is 18.1 Å². The molecule has 248 valence electrons. The number of morpholine rings is 1. The fraction of sp³-hybridized carbons (Fsp3) is 0.455. The molecule has 0 radical (unpaired) electrons. The number of pyridine rings is 2. The molecule has 13 heteroatoms. The maximum atomic E-state index is 15.0. The van der Waals surface area contributed by atoms with Crippen molar-refractivity contribution in [3.05, 3.63) is 89.3 Å². The van der Waals surface area contributed by atoms with Crippen LogP contribution < -0.4 is 5.32 Å². The molecule has 1 aromatic carbocycles. The number of aromatic nitrogens is 2. The number of anilines is 1. The zero-order chi connectivity index (χ0) is 33.6. The average molecular weight is 659 g/mol. The predicted octanol–water partition coefficient (Wildman–Crippen LogP) is 6.76. The van der Waals surface area contributed by atoms with E-state index in [2.05, 4.69) is 49.1 Å². The highest BCUT2D eigenvalue weighted by Gasteiger charge is 2.40. The highest BCUT2D eigenvalue weighted by atomic mass is 28.4. The van der Waals surface area contributed by atoms with Gasteiger partial charge in [0.15, 0.2) is 8.32 Å². The van der Waals surface area contributed by atoms with Crippen molar-refractivity contribution in [1.82, 2.24) is 14.9 Å². The summed E-state index contributed by atoms with van der Waals surface area (Å²) in [6, 6.07) is 6.43. The van der Waals surface area contributed by atoms with Gasteiger partial charge in [0.1, 0.15) is 17.5 Å². The van der Waals surface area contributed by atoms with Crippen molar-refractivity contribution in [2.45, 2.75) is 76.2 Å². The van der Waals surface area contributed by atoms with Gasteiger partial charge in [-0.3, -0.25) is 19.7 Å². The number of nitrogens with zero attached hydrogens (tertiary/aromatic N) is 3. The van der Waals surface area contributed by atoms with Gasteiger partial charge in [0, 0.05) is 24.1 Å². The third-order valence-corrected chi connectivity index (χ3v) is 13.4. The first kappa shape index (κ1) is 35.0. The van der Waals surface area contributed by atoms with E-state index in [0.717, 1.165) is 12.4 Å². The first-order valence-corrected chi connectivity index (χ1v) is 18.1. The summed E-state index contributed by atoms with van der Waals surface area (Å²) in [5, 5.41) is 12.6. The molecule has 0 aliphatic carbocycles. The van der Waals surface area contributed by atoms with Gasteiger partial charge < -0.3 is 19.6 Å². The second-order valence-corrected chi connectivity index (χ2v) is 17.9. The lowest BCUT2D eigenvalue weighted by Gasteiger charge is -2.41. The highest BCUT2D eigenvalue weighted by Crippen LogP contribution is 2.37. The molecule has 1 aliphatic heterocycles. The summed E-state index contributed by atoms with van der Waals surface area (Å²) in [7, 11) is -2.10. The van der Waals surface area contributed by atoms with Crippen LogP contribution in [-0.4, -0.2) is 72.2 Å². The largest absolute Gasteiger partial charge is 0.465 e. The number of benzene rings is 1. The Balaban J connectivity index is 1.43. The smallest absolute Gasteiger partial charge is 0.407 e. The van der Waals surface area contributed by atoms with Gasteiger partial charge in [0.05, 0.1) is 56.2 Å². The number of carbonyl (C=O) groups is 2. The maximum absolute atomic E-state index is 15.0. The van der Waals surface area contributed by atoms with E-state index in [1.165, 1.54) is 47.6 Å². The Hall–Kier alpha value is -3.81. The first-order valence-electron chi connectivity index (χ1n) is 15.2. The van der Waals surface area contributed by atoms with Gasteiger partial charge in [-0.15, -0.1) is 0 Å². The lowest BCUT2D eigenvalue weighted by molar-refractivity contribution is -0.116. The van der Waals surface area contributed by atoms with Gasteiger partial charge in [0.2, 0.25) is 5.91 Å². The van der Waals surface area contributed by atoms with Crippen LogP contribution in [0.3, 0.4) is 0 Å². The second kappa shape index (κ2) is 14.7. The molecular weight excluding hydrogens is 617 g/mol. The molecule has 1 saturated heterocycles. The minimum atomic E-state index is -2.10. The summed E-state index contributed by atoms with van der Waals surface area (Å²) in [6.07, 6.45) is 3.42. The van der Waals surface area contributed by atoms with E-state index in [0.29, 0.717) is 5.56 Å². The molecule has 3 atom stereocenters. The topological polar surface area (TPSA) is 114 Å². The van der Waals surface area contributed by atoms with Gasteiger partial charge in [-0.2, -0.15) is 0 Å². The molecule has 2 amide bonds. The fourth-order valence-corrected chi connectivity index (χ4v) is 6.15. The van der Waals surface area contributed by atoms with Crippen molar-refractivity contribution in [3.8, 4) is 0 Å². The Morgan fingerprint density at radius 2 is 1.78 bits per heavy atom. The molecule has 0 spiro atoms. The number of hydrogen-bond donors (Lipinski definition) is 2. The zero-order valence-corrected chi connectivity index (χ0v) is 27.7. The van der Waals surface area contributed by atoms with E-state index < -0.39 is 55.8 Å². The number of amides is 2. The number of hydrogen-bond acceptors (Lipinski definition) is 6. The average Bonchev–Trinajstić information content (AvgIpc) is 2.99. The molecule has 2 N–H and O–H groups in total. The quantitative estimate of drug-likeness (QED) is 0.219. The summed E-state index contributed by atoms with van der Waals surface area (Å²) in [5.41, 5.74) is 1.06. The van der Waals surface area contributed by atoms with Crippen LogP contribution in [-0.2, 0) is 20.4 Å². The normalized spacial score (nSPS) is 17.9. The molecule has 0 bridgehead atoms. The van der Waals surface area contributed by atoms with Gasteiger partial charge in [-0.25, -0.2) is 18.0 Å². The Morgan fingerprint density at radius 3 is 2.43 bits per heavy atom. The molecule has 2 unspecified atom stereocenters. The molecule has 3 aromatic rings. The van der Waals surface area contributed by atoms with Crippen molar-refractivity contribution >= 4 is 26.0 Å². The first-order chi connectivity index (χ1) is 21.7. The van der Waals surface area contributed by atoms with Crippen LogP contribution >= 0.6 is 0 Å². The molecule has 3 heterocycles. The van der Waals surface area contributed by atoms with Crippen LogP contribution in [0.15, 0.2) is 55.1 Å². The lowest BCUT2D eigenvalue weighted by Crippen LogP contribution is -2.55. The maximum Gasteiger partial charge on any atom is 0.407 e. The van der Waals surface area contributed by atoms with Gasteiger partial charge in [-0.05, 0) is 60.3 Å². The van der Waals surface area contributed by atoms with Crippen molar-refractivity contribution < 1.29 is 37.0 Å². The van der Waals surface area contributed by atoms with Crippen LogP contribution in [0, 0.1) is 17.5 Å². The molecular formula is C33H41F3N4O5Si. The standard InChI is InChI=1S/C33H41F3N4O5Si/c1-33(2,3)46(4,5)45-20-23-19-44-24(18-40(23)32(42)43)10-11-26-29(36)16-38-17-30(26)39-31(41)14-27(21-6-8-22(34)9-7-21)25-12-13-37-15-28(25)35/h6-9,12-13,15-17,23-24,27H,10-11,14,18-20H2,1-5H3,(H,39,41)(H,42,43)/t23?,24?,27-/m0/s1. The van der Waals surface area contributed by atoms with Crippen molar-refractivity contribution in [2.75, 3.05) is 25.1 Å². The number of rotatable bonds is 11. The van der Waals surface area contributed by atoms with Gasteiger partial charge in [0.25, 0.3) is 0 Å². The van der Waals surface area contributed by atoms with Crippen LogP contribution in [0.5, 0.6) is 0 Å². The SMILES string of the molecule is CC(C)(C)[Si](C)(C)OCC1COC(CCc2c(F)cncc2NC(=O)C[C@@H](c2ccc(F)cc2)c2ccncc2F)CN1C(=O)O. The summed E-state index contributed by atoms with van der Waals surface area (Å²) >= 11 is 0. The summed E-state index contributed by atoms with van der Waals surface area (Å²) < 4.78 is 55.7. The number of ether oxygens (including phenoxy) is 1. The van der Waals surface area contributed by atoms with Crippen LogP contribution in [0.1, 0.15) is 56.2 Å². The van der Waals surface area contributed by atoms with Gasteiger partial charge >= 0.3 is 6.09 Å².